The molecule has 32 heavy (non-hydrogen) atoms. The fraction of sp³-hybridized carbons (Fsp3) is 0.333. The fourth-order valence-electron chi connectivity index (χ4n) is 3.38. The molecule has 0 radical (unpaired) electrons. The Morgan fingerprint density at radius 2 is 1.38 bits per heavy atom. The van der Waals surface area contributed by atoms with E-state index in [1.54, 1.807) is 24.3 Å². The van der Waals surface area contributed by atoms with E-state index in [-0.39, 0.29) is 37.9 Å². The lowest BCUT2D eigenvalue weighted by atomic mass is 9.95. The highest BCUT2D eigenvalue weighted by molar-refractivity contribution is 6.30. The second kappa shape index (κ2) is 9.01. The number of hydrogen-bond donors (Lipinski definition) is 1. The number of anilines is 1. The first-order chi connectivity index (χ1) is 14.8. The normalized spacial score (nSPS) is 15.5. The van der Waals surface area contributed by atoms with E-state index in [2.05, 4.69) is 5.32 Å². The highest BCUT2D eigenvalue weighted by Crippen LogP contribution is 2.36. The van der Waals surface area contributed by atoms with Crippen molar-refractivity contribution in [1.29, 1.82) is 0 Å². The van der Waals surface area contributed by atoms with Gasteiger partial charge in [0.2, 0.25) is 5.91 Å². The van der Waals surface area contributed by atoms with E-state index in [0.29, 0.717) is 22.8 Å². The van der Waals surface area contributed by atoms with Gasteiger partial charge in [0.05, 0.1) is 11.1 Å². The standard InChI is InChI=1S/C21H17ClF6N2O2/c22-16-1-3-17(4-2-16)29-18(31)12-5-7-30(8-6-12)19(32)13-9-14(20(23,24)25)11-15(10-13)21(26,27)28/h1-4,9-12H,5-8H2,(H,29,31). The van der Waals surface area contributed by atoms with Crippen LogP contribution in [0.15, 0.2) is 42.5 Å². The molecule has 1 heterocycles. The minimum atomic E-state index is -5.04. The van der Waals surface area contributed by atoms with Gasteiger partial charge in [0.1, 0.15) is 0 Å². The Morgan fingerprint density at radius 3 is 1.84 bits per heavy atom. The summed E-state index contributed by atoms with van der Waals surface area (Å²) in [7, 11) is 0. The lowest BCUT2D eigenvalue weighted by Gasteiger charge is -2.31. The van der Waals surface area contributed by atoms with E-state index in [9.17, 15) is 35.9 Å². The second-order valence-electron chi connectivity index (χ2n) is 7.36. The lowest BCUT2D eigenvalue weighted by molar-refractivity contribution is -0.143. The average molecular weight is 479 g/mol. The van der Waals surface area contributed by atoms with E-state index in [1.165, 1.54) is 0 Å². The van der Waals surface area contributed by atoms with Gasteiger partial charge in [-0.15, -0.1) is 0 Å². The van der Waals surface area contributed by atoms with Gasteiger partial charge >= 0.3 is 12.4 Å². The Kier molecular flexibility index (Phi) is 6.73. The minimum Gasteiger partial charge on any atom is -0.339 e. The van der Waals surface area contributed by atoms with Gasteiger partial charge in [-0.05, 0) is 55.3 Å². The molecule has 1 aliphatic rings. The number of rotatable bonds is 3. The Morgan fingerprint density at radius 1 is 0.875 bits per heavy atom. The number of benzene rings is 2. The highest BCUT2D eigenvalue weighted by Gasteiger charge is 2.38. The summed E-state index contributed by atoms with van der Waals surface area (Å²) in [5, 5.41) is 3.21. The van der Waals surface area contributed by atoms with Crippen molar-refractivity contribution in [2.24, 2.45) is 5.92 Å². The van der Waals surface area contributed by atoms with Gasteiger partial charge in [-0.1, -0.05) is 11.6 Å². The van der Waals surface area contributed by atoms with Crippen LogP contribution >= 0.6 is 11.6 Å². The Bertz CT molecular complexity index is 965. The quantitative estimate of drug-likeness (QED) is 0.561. The van der Waals surface area contributed by atoms with Crippen molar-refractivity contribution in [2.45, 2.75) is 25.2 Å². The molecule has 0 saturated carbocycles. The number of amides is 2. The summed E-state index contributed by atoms with van der Waals surface area (Å²) < 4.78 is 78.2. The zero-order valence-corrected chi connectivity index (χ0v) is 17.1. The van der Waals surface area contributed by atoms with Gasteiger partial charge in [0, 0.05) is 35.3 Å². The van der Waals surface area contributed by atoms with Crippen LogP contribution in [0.4, 0.5) is 32.0 Å². The SMILES string of the molecule is O=C(Nc1ccc(Cl)cc1)C1CCN(C(=O)c2cc(C(F)(F)F)cc(C(F)(F)F)c2)CC1. The smallest absolute Gasteiger partial charge is 0.339 e. The number of carbonyl (C=O) groups excluding carboxylic acids is 2. The first-order valence-corrected chi connectivity index (χ1v) is 9.87. The summed E-state index contributed by atoms with van der Waals surface area (Å²) in [4.78, 5) is 26.2. The molecule has 4 nitrogen and oxygen atoms in total. The van der Waals surface area contributed by atoms with Crippen LogP contribution in [0.2, 0.25) is 5.02 Å². The van der Waals surface area contributed by atoms with Crippen LogP contribution in [0.5, 0.6) is 0 Å². The molecule has 3 rings (SSSR count). The summed E-state index contributed by atoms with van der Waals surface area (Å²) in [6.07, 6.45) is -9.64. The molecule has 1 N–H and O–H groups in total. The first-order valence-electron chi connectivity index (χ1n) is 9.50. The van der Waals surface area contributed by atoms with E-state index >= 15 is 0 Å². The minimum absolute atomic E-state index is 0.0230. The highest BCUT2D eigenvalue weighted by atomic mass is 35.5. The van der Waals surface area contributed by atoms with E-state index < -0.39 is 40.9 Å². The van der Waals surface area contributed by atoms with E-state index in [4.69, 9.17) is 11.6 Å². The zero-order chi connectivity index (χ0) is 23.7. The maximum atomic E-state index is 13.0. The molecule has 0 unspecified atom stereocenters. The van der Waals surface area contributed by atoms with Crippen molar-refractivity contribution in [1.82, 2.24) is 4.90 Å². The topological polar surface area (TPSA) is 49.4 Å². The molecule has 1 fully saturated rings. The summed E-state index contributed by atoms with van der Waals surface area (Å²) in [5.41, 5.74) is -3.27. The van der Waals surface area contributed by atoms with Gasteiger partial charge in [-0.3, -0.25) is 9.59 Å². The Labute approximate surface area is 184 Å². The van der Waals surface area contributed by atoms with Crippen molar-refractivity contribution < 1.29 is 35.9 Å². The molecule has 11 heteroatoms. The maximum absolute atomic E-state index is 13.0. The lowest BCUT2D eigenvalue weighted by Crippen LogP contribution is -2.41. The van der Waals surface area contributed by atoms with Gasteiger partial charge in [-0.25, -0.2) is 0 Å². The summed E-state index contributed by atoms with van der Waals surface area (Å²) in [5.74, 6) is -1.70. The number of carbonyl (C=O) groups is 2. The van der Waals surface area contributed by atoms with Crippen LogP contribution in [0.25, 0.3) is 0 Å². The summed E-state index contributed by atoms with van der Waals surface area (Å²) in [6.45, 7) is 0.0459. The third kappa shape index (κ3) is 5.73. The molecule has 0 bridgehead atoms. The van der Waals surface area contributed by atoms with Crippen LogP contribution in [0.3, 0.4) is 0 Å². The fourth-order valence-corrected chi connectivity index (χ4v) is 3.51. The van der Waals surface area contributed by atoms with E-state index in [0.717, 1.165) is 4.90 Å². The Balaban J connectivity index is 1.69. The zero-order valence-electron chi connectivity index (χ0n) is 16.4. The van der Waals surface area contributed by atoms with Crippen LogP contribution in [0, 0.1) is 5.92 Å². The Hall–Kier alpha value is -2.75. The average Bonchev–Trinajstić information content (AvgIpc) is 2.73. The van der Waals surface area contributed by atoms with Gasteiger partial charge in [0.25, 0.3) is 5.91 Å². The molecule has 0 spiro atoms. The molecular weight excluding hydrogens is 462 g/mol. The number of halogens is 7. The number of alkyl halides is 6. The van der Waals surface area contributed by atoms with Crippen molar-refractivity contribution in [3.05, 3.63) is 64.2 Å². The molecular formula is C21H17ClF6N2O2. The molecule has 172 valence electrons. The first kappa shape index (κ1) is 23.9. The largest absolute Gasteiger partial charge is 0.416 e. The number of piperidine rings is 1. The third-order valence-corrected chi connectivity index (χ3v) is 5.35. The van der Waals surface area contributed by atoms with Crippen molar-refractivity contribution in [2.75, 3.05) is 18.4 Å². The van der Waals surface area contributed by atoms with Gasteiger partial charge < -0.3 is 10.2 Å². The third-order valence-electron chi connectivity index (χ3n) is 5.10. The predicted octanol–water partition coefficient (Wildman–Crippen LogP) is 5.87. The number of hydrogen-bond acceptors (Lipinski definition) is 2. The summed E-state index contributed by atoms with van der Waals surface area (Å²) >= 11 is 5.79. The van der Waals surface area contributed by atoms with Gasteiger partial charge in [-0.2, -0.15) is 26.3 Å². The van der Waals surface area contributed by atoms with Crippen molar-refractivity contribution in [3.63, 3.8) is 0 Å². The summed E-state index contributed by atoms with van der Waals surface area (Å²) in [6, 6.07) is 7.23. The number of likely N-dealkylation sites (tertiary alicyclic amines) is 1. The predicted molar refractivity (Wildman–Crippen MR) is 105 cm³/mol. The molecule has 0 atom stereocenters. The molecule has 1 aliphatic heterocycles. The van der Waals surface area contributed by atoms with Crippen LogP contribution in [0.1, 0.15) is 34.3 Å². The molecule has 0 aliphatic carbocycles. The number of nitrogens with one attached hydrogen (secondary N) is 1. The molecule has 2 amide bonds. The van der Waals surface area contributed by atoms with Crippen molar-refractivity contribution in [3.8, 4) is 0 Å². The van der Waals surface area contributed by atoms with Crippen LogP contribution in [-0.2, 0) is 17.1 Å². The van der Waals surface area contributed by atoms with Gasteiger partial charge in [0.15, 0.2) is 0 Å². The molecule has 0 aromatic heterocycles. The van der Waals surface area contributed by atoms with Crippen LogP contribution < -0.4 is 5.32 Å². The molecule has 1 saturated heterocycles. The maximum Gasteiger partial charge on any atom is 0.416 e. The molecule has 2 aromatic carbocycles. The van der Waals surface area contributed by atoms with Crippen molar-refractivity contribution >= 4 is 29.1 Å². The number of nitrogens with zero attached hydrogens (tertiary/aromatic N) is 1. The van der Waals surface area contributed by atoms with Crippen LogP contribution in [-0.4, -0.2) is 29.8 Å². The second-order valence-corrected chi connectivity index (χ2v) is 7.79. The van der Waals surface area contributed by atoms with E-state index in [1.807, 2.05) is 0 Å². The monoisotopic (exact) mass is 478 g/mol. The molecule has 2 aromatic rings.